The van der Waals surface area contributed by atoms with Gasteiger partial charge in [-0.3, -0.25) is 9.69 Å². The standard InChI is InChI=1S/C13H16FNO3/c14-12-4-2-1-3-10(12)8-15-5-6-18-11(9-15)7-13(16)17/h1-4,11H,5-9H2,(H,16,17). The highest BCUT2D eigenvalue weighted by Gasteiger charge is 2.23. The summed E-state index contributed by atoms with van der Waals surface area (Å²) in [4.78, 5) is 12.7. The second-order valence-electron chi connectivity index (χ2n) is 4.42. The Morgan fingerprint density at radius 3 is 3.00 bits per heavy atom. The molecule has 1 aromatic rings. The molecule has 1 atom stereocenters. The van der Waals surface area contributed by atoms with E-state index in [-0.39, 0.29) is 18.3 Å². The molecule has 1 N–H and O–H groups in total. The predicted molar refractivity (Wildman–Crippen MR) is 63.7 cm³/mol. The number of carbonyl (C=O) groups is 1. The van der Waals surface area contributed by atoms with Gasteiger partial charge >= 0.3 is 5.97 Å². The summed E-state index contributed by atoms with van der Waals surface area (Å²) in [7, 11) is 0. The summed E-state index contributed by atoms with van der Waals surface area (Å²) >= 11 is 0. The van der Waals surface area contributed by atoms with Crippen LogP contribution < -0.4 is 0 Å². The molecule has 18 heavy (non-hydrogen) atoms. The number of rotatable bonds is 4. The van der Waals surface area contributed by atoms with Crippen molar-refractivity contribution in [2.45, 2.75) is 19.1 Å². The topological polar surface area (TPSA) is 49.8 Å². The molecule has 1 unspecified atom stereocenters. The summed E-state index contributed by atoms with van der Waals surface area (Å²) in [5.74, 6) is -1.09. The van der Waals surface area contributed by atoms with Crippen LogP contribution >= 0.6 is 0 Å². The van der Waals surface area contributed by atoms with E-state index in [1.807, 2.05) is 4.90 Å². The van der Waals surface area contributed by atoms with Crippen molar-refractivity contribution in [3.05, 3.63) is 35.6 Å². The van der Waals surface area contributed by atoms with Gasteiger partial charge in [-0.2, -0.15) is 0 Å². The molecule has 98 valence electrons. The fourth-order valence-corrected chi connectivity index (χ4v) is 2.11. The number of carboxylic acids is 1. The molecule has 1 aromatic carbocycles. The predicted octanol–water partition coefficient (Wildman–Crippen LogP) is 1.50. The molecule has 0 aliphatic carbocycles. The highest BCUT2D eigenvalue weighted by molar-refractivity contribution is 5.67. The molecule has 0 bridgehead atoms. The normalized spacial score (nSPS) is 20.8. The molecular weight excluding hydrogens is 237 g/mol. The molecule has 1 aliphatic rings. The van der Waals surface area contributed by atoms with Gasteiger partial charge in [-0.1, -0.05) is 18.2 Å². The first-order valence-electron chi connectivity index (χ1n) is 5.94. The third-order valence-corrected chi connectivity index (χ3v) is 2.98. The maximum atomic E-state index is 13.5. The van der Waals surface area contributed by atoms with E-state index in [9.17, 15) is 9.18 Å². The van der Waals surface area contributed by atoms with Gasteiger partial charge in [0.2, 0.25) is 0 Å². The smallest absolute Gasteiger partial charge is 0.306 e. The summed E-state index contributed by atoms with van der Waals surface area (Å²) in [5, 5.41) is 8.73. The van der Waals surface area contributed by atoms with Crippen molar-refractivity contribution in [3.63, 3.8) is 0 Å². The van der Waals surface area contributed by atoms with Gasteiger partial charge in [-0.25, -0.2) is 4.39 Å². The Morgan fingerprint density at radius 1 is 1.50 bits per heavy atom. The van der Waals surface area contributed by atoms with E-state index in [1.54, 1.807) is 18.2 Å². The highest BCUT2D eigenvalue weighted by atomic mass is 19.1. The van der Waals surface area contributed by atoms with Crippen molar-refractivity contribution in [1.82, 2.24) is 4.90 Å². The van der Waals surface area contributed by atoms with E-state index in [0.29, 0.717) is 31.8 Å². The average Bonchev–Trinajstić information content (AvgIpc) is 2.32. The number of hydrogen-bond donors (Lipinski definition) is 1. The van der Waals surface area contributed by atoms with Crippen molar-refractivity contribution < 1.29 is 19.0 Å². The van der Waals surface area contributed by atoms with Crippen LogP contribution in [-0.2, 0) is 16.1 Å². The maximum Gasteiger partial charge on any atom is 0.306 e. The molecule has 0 spiro atoms. The van der Waals surface area contributed by atoms with Gasteiger partial charge in [0.1, 0.15) is 5.82 Å². The summed E-state index contributed by atoms with van der Waals surface area (Å²) in [6.45, 7) is 2.21. The Balaban J connectivity index is 1.93. The van der Waals surface area contributed by atoms with Crippen LogP contribution in [-0.4, -0.2) is 41.8 Å². The molecule has 1 heterocycles. The molecule has 1 saturated heterocycles. The molecule has 0 saturated carbocycles. The number of carboxylic acid groups (broad SMARTS) is 1. The van der Waals surface area contributed by atoms with Crippen molar-refractivity contribution in [3.8, 4) is 0 Å². The molecule has 4 nitrogen and oxygen atoms in total. The first-order valence-corrected chi connectivity index (χ1v) is 5.94. The summed E-state index contributed by atoms with van der Waals surface area (Å²) in [6, 6.07) is 6.64. The first kappa shape index (κ1) is 13.0. The third kappa shape index (κ3) is 3.51. The Hall–Kier alpha value is -1.46. The van der Waals surface area contributed by atoms with Crippen LogP contribution in [0, 0.1) is 5.82 Å². The largest absolute Gasteiger partial charge is 0.481 e. The lowest BCUT2D eigenvalue weighted by atomic mass is 10.1. The lowest BCUT2D eigenvalue weighted by Gasteiger charge is -2.32. The molecule has 5 heteroatoms. The number of morpholine rings is 1. The fourth-order valence-electron chi connectivity index (χ4n) is 2.11. The second-order valence-corrected chi connectivity index (χ2v) is 4.42. The Bertz CT molecular complexity index is 424. The van der Waals surface area contributed by atoms with Crippen molar-refractivity contribution >= 4 is 5.97 Å². The van der Waals surface area contributed by atoms with E-state index < -0.39 is 5.97 Å². The molecule has 0 aromatic heterocycles. The van der Waals surface area contributed by atoms with Crippen LogP contribution in [0.15, 0.2) is 24.3 Å². The van der Waals surface area contributed by atoms with Gasteiger partial charge in [0.15, 0.2) is 0 Å². The summed E-state index contributed by atoms with van der Waals surface area (Å²) in [6.07, 6.45) is -0.309. The second kappa shape index (κ2) is 5.93. The zero-order chi connectivity index (χ0) is 13.0. The lowest BCUT2D eigenvalue weighted by molar-refractivity contribution is -0.142. The molecule has 1 fully saturated rings. The van der Waals surface area contributed by atoms with Gasteiger partial charge in [0.25, 0.3) is 0 Å². The molecule has 0 amide bonds. The third-order valence-electron chi connectivity index (χ3n) is 2.98. The minimum atomic E-state index is -0.868. The first-order chi connectivity index (χ1) is 8.65. The number of nitrogens with zero attached hydrogens (tertiary/aromatic N) is 1. The number of aliphatic carboxylic acids is 1. The Labute approximate surface area is 105 Å². The van der Waals surface area contributed by atoms with Gasteiger partial charge in [0.05, 0.1) is 19.1 Å². The quantitative estimate of drug-likeness (QED) is 0.883. The van der Waals surface area contributed by atoms with Gasteiger partial charge in [-0.15, -0.1) is 0 Å². The van der Waals surface area contributed by atoms with Gasteiger partial charge in [0, 0.05) is 25.2 Å². The molecule has 1 aliphatic heterocycles. The minimum absolute atomic E-state index is 0.00618. The number of hydrogen-bond acceptors (Lipinski definition) is 3. The van der Waals surface area contributed by atoms with Crippen LogP contribution in [0.2, 0.25) is 0 Å². The zero-order valence-corrected chi connectivity index (χ0v) is 10.0. The van der Waals surface area contributed by atoms with E-state index in [2.05, 4.69) is 0 Å². The monoisotopic (exact) mass is 253 g/mol. The van der Waals surface area contributed by atoms with Crippen LogP contribution in [0.5, 0.6) is 0 Å². The Kier molecular flexibility index (Phi) is 4.28. The summed E-state index contributed by atoms with van der Waals surface area (Å²) < 4.78 is 18.9. The van der Waals surface area contributed by atoms with E-state index in [4.69, 9.17) is 9.84 Å². The van der Waals surface area contributed by atoms with Gasteiger partial charge < -0.3 is 9.84 Å². The zero-order valence-electron chi connectivity index (χ0n) is 10.0. The Morgan fingerprint density at radius 2 is 2.28 bits per heavy atom. The van der Waals surface area contributed by atoms with E-state index >= 15 is 0 Å². The maximum absolute atomic E-state index is 13.5. The molecular formula is C13H16FNO3. The fraction of sp³-hybridized carbons (Fsp3) is 0.462. The van der Waals surface area contributed by atoms with Crippen molar-refractivity contribution in [2.24, 2.45) is 0 Å². The van der Waals surface area contributed by atoms with Crippen LogP contribution in [0.1, 0.15) is 12.0 Å². The SMILES string of the molecule is O=C(O)CC1CN(Cc2ccccc2F)CCO1. The van der Waals surface area contributed by atoms with Crippen LogP contribution in [0.25, 0.3) is 0 Å². The van der Waals surface area contributed by atoms with Crippen molar-refractivity contribution in [1.29, 1.82) is 0 Å². The number of ether oxygens (including phenoxy) is 1. The van der Waals surface area contributed by atoms with Gasteiger partial charge in [-0.05, 0) is 6.07 Å². The molecule has 0 radical (unpaired) electrons. The molecule has 2 rings (SSSR count). The summed E-state index contributed by atoms with van der Waals surface area (Å²) in [5.41, 5.74) is 0.633. The van der Waals surface area contributed by atoms with Crippen LogP contribution in [0.4, 0.5) is 4.39 Å². The van der Waals surface area contributed by atoms with Crippen molar-refractivity contribution in [2.75, 3.05) is 19.7 Å². The minimum Gasteiger partial charge on any atom is -0.481 e. The van der Waals surface area contributed by atoms with E-state index in [1.165, 1.54) is 6.07 Å². The van der Waals surface area contributed by atoms with Crippen LogP contribution in [0.3, 0.4) is 0 Å². The lowest BCUT2D eigenvalue weighted by Crippen LogP contribution is -2.42. The number of benzene rings is 1. The highest BCUT2D eigenvalue weighted by Crippen LogP contribution is 2.14. The average molecular weight is 253 g/mol. The van der Waals surface area contributed by atoms with E-state index in [0.717, 1.165) is 0 Å². The number of halogens is 1.